The fourth-order valence-corrected chi connectivity index (χ4v) is 3.05. The zero-order chi connectivity index (χ0) is 21.8. The highest BCUT2D eigenvalue weighted by Crippen LogP contribution is 2.33. The molecule has 1 aliphatic carbocycles. The summed E-state index contributed by atoms with van der Waals surface area (Å²) < 4.78 is 45.5. The average Bonchev–Trinajstić information content (AvgIpc) is 2.60. The minimum atomic E-state index is -2.59. The topological polar surface area (TPSA) is 66.4 Å². The Hall–Kier alpha value is -1.84. The molecule has 1 fully saturated rings. The number of hydrogen-bond acceptors (Lipinski definition) is 2. The highest BCUT2D eigenvalue weighted by molar-refractivity contribution is 5.85. The van der Waals surface area contributed by atoms with Gasteiger partial charge >= 0.3 is 5.97 Å². The molecule has 2 N–H and O–H groups in total. The van der Waals surface area contributed by atoms with Gasteiger partial charge in [0.15, 0.2) is 0 Å². The van der Waals surface area contributed by atoms with Gasteiger partial charge in [-0.05, 0) is 43.1 Å². The number of aliphatic carboxylic acids is 1. The van der Waals surface area contributed by atoms with Crippen LogP contribution in [0.5, 0.6) is 0 Å². The van der Waals surface area contributed by atoms with E-state index >= 15 is 0 Å². The molecule has 0 aromatic heterocycles. The molecule has 1 aromatic rings. The second-order valence-corrected chi connectivity index (χ2v) is 6.18. The first-order chi connectivity index (χ1) is 13.4. The van der Waals surface area contributed by atoms with E-state index in [2.05, 4.69) is 5.32 Å². The summed E-state index contributed by atoms with van der Waals surface area (Å²) in [5, 5.41) is 12.0. The largest absolute Gasteiger partial charge is 0.480 e. The van der Waals surface area contributed by atoms with E-state index in [1.807, 2.05) is 6.07 Å². The molecule has 1 saturated carbocycles. The molecule has 1 aliphatic rings. The van der Waals surface area contributed by atoms with Crippen LogP contribution in [-0.2, 0) is 16.0 Å². The van der Waals surface area contributed by atoms with E-state index in [-0.39, 0.29) is 12.3 Å². The van der Waals surface area contributed by atoms with Gasteiger partial charge in [-0.15, -0.1) is 0 Å². The highest BCUT2D eigenvalue weighted by Gasteiger charge is 2.30. The van der Waals surface area contributed by atoms with Crippen LogP contribution < -0.4 is 5.32 Å². The molecule has 0 saturated heterocycles. The van der Waals surface area contributed by atoms with Gasteiger partial charge < -0.3 is 10.4 Å². The Bertz CT molecular complexity index is 682. The molecule has 0 heterocycles. The summed E-state index contributed by atoms with van der Waals surface area (Å²) in [6.07, 6.45) is 1.48. The lowest BCUT2D eigenvalue weighted by atomic mass is 9.76. The van der Waals surface area contributed by atoms with Gasteiger partial charge in [-0.3, -0.25) is 4.79 Å². The predicted molar refractivity (Wildman–Crippen MR) is 90.0 cm³/mol. The van der Waals surface area contributed by atoms with Crippen LogP contribution in [0, 0.1) is 17.8 Å². The van der Waals surface area contributed by atoms with E-state index in [1.165, 1.54) is 0 Å². The molecule has 0 unspecified atom stereocenters. The van der Waals surface area contributed by atoms with Crippen molar-refractivity contribution in [3.8, 4) is 0 Å². The zero-order valence-electron chi connectivity index (χ0n) is 19.0. The molecule has 0 aliphatic heterocycles. The number of carbonyl (C=O) groups is 2. The molecule has 4 heteroatoms. The van der Waals surface area contributed by atoms with Gasteiger partial charge in [0.05, 0.1) is 0 Å². The van der Waals surface area contributed by atoms with Crippen LogP contribution in [0.1, 0.15) is 53.2 Å². The fourth-order valence-electron chi connectivity index (χ4n) is 3.05. The third kappa shape index (κ3) is 5.08. The van der Waals surface area contributed by atoms with E-state index in [0.29, 0.717) is 25.7 Å². The Labute approximate surface area is 146 Å². The van der Waals surface area contributed by atoms with Gasteiger partial charge in [-0.2, -0.15) is 0 Å². The summed E-state index contributed by atoms with van der Waals surface area (Å²) in [5.74, 6) is -3.88. The number of hydrogen-bond donors (Lipinski definition) is 2. The Morgan fingerprint density at radius 3 is 2.43 bits per heavy atom. The van der Waals surface area contributed by atoms with Crippen molar-refractivity contribution in [3.05, 3.63) is 35.9 Å². The Morgan fingerprint density at radius 1 is 1.22 bits per heavy atom. The monoisotopic (exact) mass is 323 g/mol. The van der Waals surface area contributed by atoms with Crippen molar-refractivity contribution in [1.82, 2.24) is 5.32 Å². The van der Waals surface area contributed by atoms with Crippen LogP contribution in [0.25, 0.3) is 0 Å². The van der Waals surface area contributed by atoms with E-state index in [4.69, 9.17) is 8.22 Å². The van der Waals surface area contributed by atoms with E-state index in [1.54, 1.807) is 24.3 Å². The standard InChI is InChI=1S/C19H27NO3/c1-13(2)15-8-10-16(11-9-15)18(21)20-17(19(22)23)12-14-6-4-3-5-7-14/h3-7,13,15-17H,8-12H2,1-2H3,(H,20,21)(H,22,23)/t15-,16-,17-/m1/s1/i1D3,2D3. The zero-order valence-corrected chi connectivity index (χ0v) is 13.0. The predicted octanol–water partition coefficient (Wildman–Crippen LogP) is 3.26. The maximum Gasteiger partial charge on any atom is 0.326 e. The van der Waals surface area contributed by atoms with Crippen LogP contribution in [0.2, 0.25) is 0 Å². The second kappa shape index (κ2) is 8.14. The number of carbonyl (C=O) groups excluding carboxylic acids is 1. The number of benzene rings is 1. The van der Waals surface area contributed by atoms with Gasteiger partial charge in [-0.1, -0.05) is 44.0 Å². The van der Waals surface area contributed by atoms with Gasteiger partial charge in [0, 0.05) is 20.6 Å². The van der Waals surface area contributed by atoms with E-state index < -0.39 is 43.5 Å². The van der Waals surface area contributed by atoms with Gasteiger partial charge in [0.25, 0.3) is 0 Å². The number of nitrogens with one attached hydrogen (secondary N) is 1. The first-order valence-electron chi connectivity index (χ1n) is 11.0. The summed E-state index contributed by atoms with van der Waals surface area (Å²) in [6.45, 7) is -5.18. The first-order valence-corrected chi connectivity index (χ1v) is 7.96. The SMILES string of the molecule is [2H]C([2H])([2H])C([C@H]1CC[C@H](C(=O)N[C@H](Cc2ccccc2)C(=O)O)CC1)C([2H])([2H])[2H]. The van der Waals surface area contributed by atoms with Crippen LogP contribution in [0.15, 0.2) is 30.3 Å². The normalized spacial score (nSPS) is 27.5. The van der Waals surface area contributed by atoms with Crippen LogP contribution >= 0.6 is 0 Å². The number of amides is 1. The number of rotatable bonds is 6. The van der Waals surface area contributed by atoms with Gasteiger partial charge in [0.2, 0.25) is 5.91 Å². The molecule has 0 bridgehead atoms. The van der Waals surface area contributed by atoms with Crippen LogP contribution in [-0.4, -0.2) is 23.0 Å². The van der Waals surface area contributed by atoms with Crippen LogP contribution in [0.4, 0.5) is 0 Å². The van der Waals surface area contributed by atoms with Crippen molar-refractivity contribution in [2.75, 3.05) is 0 Å². The maximum atomic E-state index is 12.6. The molecule has 1 aromatic carbocycles. The van der Waals surface area contributed by atoms with Gasteiger partial charge in [-0.25, -0.2) is 4.79 Å². The maximum absolute atomic E-state index is 12.6. The van der Waals surface area contributed by atoms with E-state index in [9.17, 15) is 14.7 Å². The number of carboxylic acids is 1. The summed E-state index contributed by atoms with van der Waals surface area (Å²) >= 11 is 0. The second-order valence-electron chi connectivity index (χ2n) is 6.18. The molecule has 23 heavy (non-hydrogen) atoms. The van der Waals surface area contributed by atoms with Crippen molar-refractivity contribution < 1.29 is 22.9 Å². The summed E-state index contributed by atoms with van der Waals surface area (Å²) in [6, 6.07) is 7.93. The summed E-state index contributed by atoms with van der Waals surface area (Å²) in [4.78, 5) is 24.1. The van der Waals surface area contributed by atoms with Crippen molar-refractivity contribution >= 4 is 11.9 Å². The van der Waals surface area contributed by atoms with Crippen LogP contribution in [0.3, 0.4) is 0 Å². The smallest absolute Gasteiger partial charge is 0.326 e. The Balaban J connectivity index is 1.97. The third-order valence-electron chi connectivity index (χ3n) is 4.51. The highest BCUT2D eigenvalue weighted by atomic mass is 16.4. The lowest BCUT2D eigenvalue weighted by molar-refractivity contribution is -0.142. The summed E-state index contributed by atoms with van der Waals surface area (Å²) in [5.41, 5.74) is 0.794. The fraction of sp³-hybridized carbons (Fsp3) is 0.579. The van der Waals surface area contributed by atoms with Crippen molar-refractivity contribution in [1.29, 1.82) is 0 Å². The van der Waals surface area contributed by atoms with Crippen molar-refractivity contribution in [2.45, 2.75) is 51.8 Å². The molecule has 1 atom stereocenters. The average molecular weight is 323 g/mol. The Kier molecular flexibility index (Phi) is 3.84. The molecule has 126 valence electrons. The number of carboxylic acid groups (broad SMARTS) is 1. The molecule has 1 amide bonds. The lowest BCUT2D eigenvalue weighted by Gasteiger charge is -2.30. The minimum absolute atomic E-state index is 0.164. The molecular formula is C19H27NO3. The van der Waals surface area contributed by atoms with Gasteiger partial charge in [0.1, 0.15) is 6.04 Å². The molecule has 0 radical (unpaired) electrons. The molecule has 4 nitrogen and oxygen atoms in total. The molecule has 0 spiro atoms. The molecule has 2 rings (SSSR count). The summed E-state index contributed by atoms with van der Waals surface area (Å²) in [7, 11) is 0. The first kappa shape index (κ1) is 10.8. The van der Waals surface area contributed by atoms with Crippen molar-refractivity contribution in [3.63, 3.8) is 0 Å². The molecular weight excluding hydrogens is 290 g/mol. The quantitative estimate of drug-likeness (QED) is 0.844. The van der Waals surface area contributed by atoms with E-state index in [0.717, 1.165) is 5.56 Å². The lowest BCUT2D eigenvalue weighted by Crippen LogP contribution is -2.45. The Morgan fingerprint density at radius 2 is 1.87 bits per heavy atom. The van der Waals surface area contributed by atoms with Crippen molar-refractivity contribution in [2.24, 2.45) is 17.8 Å². The third-order valence-corrected chi connectivity index (χ3v) is 4.51. The minimum Gasteiger partial charge on any atom is -0.480 e.